The van der Waals surface area contributed by atoms with Crippen molar-refractivity contribution in [2.24, 2.45) is 7.05 Å². The average molecular weight is 334 g/mol. The van der Waals surface area contributed by atoms with Crippen LogP contribution in [0.15, 0.2) is 48.8 Å². The van der Waals surface area contributed by atoms with E-state index < -0.39 is 0 Å². The van der Waals surface area contributed by atoms with Crippen molar-refractivity contribution in [3.63, 3.8) is 0 Å². The second kappa shape index (κ2) is 6.59. The molecule has 1 aromatic carbocycles. The molecule has 0 unspecified atom stereocenters. The van der Waals surface area contributed by atoms with Crippen molar-refractivity contribution in [3.8, 4) is 22.4 Å². The lowest BCUT2D eigenvalue weighted by Gasteiger charge is -2.26. The number of likely N-dealkylation sites (tertiary alicyclic amines) is 1. The minimum absolute atomic E-state index is 0.105. The van der Waals surface area contributed by atoms with Gasteiger partial charge < -0.3 is 9.88 Å². The first-order chi connectivity index (χ1) is 12.2. The number of hydrogen-bond acceptors (Lipinski definition) is 2. The number of hydrogen-bond donors (Lipinski definition) is 1. The fourth-order valence-corrected chi connectivity index (χ4v) is 3.47. The Kier molecular flexibility index (Phi) is 4.14. The van der Waals surface area contributed by atoms with Crippen LogP contribution in [0.2, 0.25) is 0 Å². The van der Waals surface area contributed by atoms with Gasteiger partial charge in [0.05, 0.1) is 5.69 Å². The van der Waals surface area contributed by atoms with Crippen molar-refractivity contribution in [3.05, 3.63) is 54.5 Å². The normalized spacial score (nSPS) is 14.7. The molecule has 5 nitrogen and oxygen atoms in total. The molecule has 128 valence electrons. The van der Waals surface area contributed by atoms with E-state index >= 15 is 0 Å². The number of carbonyl (C=O) groups excluding carboxylic acids is 1. The van der Waals surface area contributed by atoms with Gasteiger partial charge in [0.15, 0.2) is 0 Å². The van der Waals surface area contributed by atoms with Crippen LogP contribution in [-0.4, -0.2) is 38.7 Å². The summed E-state index contributed by atoms with van der Waals surface area (Å²) in [5.41, 5.74) is 4.98. The van der Waals surface area contributed by atoms with Crippen LogP contribution in [0.5, 0.6) is 0 Å². The van der Waals surface area contributed by atoms with E-state index in [4.69, 9.17) is 0 Å². The fraction of sp³-hybridized carbons (Fsp3) is 0.300. The molecule has 3 aromatic rings. The molecule has 1 amide bonds. The molecule has 0 aliphatic carbocycles. The van der Waals surface area contributed by atoms with Crippen molar-refractivity contribution in [1.29, 1.82) is 0 Å². The van der Waals surface area contributed by atoms with E-state index in [1.54, 1.807) is 6.20 Å². The Morgan fingerprint density at radius 3 is 2.60 bits per heavy atom. The number of aryl methyl sites for hydroxylation is 1. The highest BCUT2D eigenvalue weighted by Crippen LogP contribution is 2.27. The predicted molar refractivity (Wildman–Crippen MR) is 98.2 cm³/mol. The summed E-state index contributed by atoms with van der Waals surface area (Å²) < 4.78 is 1.86. The molecule has 1 N–H and O–H groups in total. The number of nitrogens with one attached hydrogen (secondary N) is 1. The van der Waals surface area contributed by atoms with Crippen molar-refractivity contribution >= 4 is 5.91 Å². The molecule has 2 aromatic heterocycles. The van der Waals surface area contributed by atoms with E-state index in [0.29, 0.717) is 5.69 Å². The topological polar surface area (TPSA) is 53.9 Å². The number of piperidine rings is 1. The Morgan fingerprint density at radius 2 is 1.84 bits per heavy atom. The van der Waals surface area contributed by atoms with Crippen LogP contribution in [0.3, 0.4) is 0 Å². The van der Waals surface area contributed by atoms with Crippen LogP contribution < -0.4 is 0 Å². The minimum atomic E-state index is 0.105. The summed E-state index contributed by atoms with van der Waals surface area (Å²) in [5, 5.41) is 4.23. The van der Waals surface area contributed by atoms with Gasteiger partial charge in [0, 0.05) is 38.1 Å². The number of carbonyl (C=O) groups is 1. The predicted octanol–water partition coefficient (Wildman–Crippen LogP) is 3.71. The molecule has 1 aliphatic rings. The van der Waals surface area contributed by atoms with E-state index in [1.807, 2.05) is 41.0 Å². The maximum atomic E-state index is 12.6. The van der Waals surface area contributed by atoms with Gasteiger partial charge in [-0.1, -0.05) is 18.2 Å². The standard InChI is InChI=1S/C20H22N4O/c1-23-19(8-9-22-23)16-7-5-6-15(12-16)17-13-18(21-14-17)20(25)24-10-3-2-4-11-24/h5-9,12-14,21H,2-4,10-11H2,1H3. The van der Waals surface area contributed by atoms with Gasteiger partial charge in [-0.25, -0.2) is 0 Å². The summed E-state index contributed by atoms with van der Waals surface area (Å²) >= 11 is 0. The summed E-state index contributed by atoms with van der Waals surface area (Å²) in [6, 6.07) is 12.3. The number of nitrogens with zero attached hydrogens (tertiary/aromatic N) is 3. The third-order valence-electron chi connectivity index (χ3n) is 4.87. The molecule has 1 aliphatic heterocycles. The molecule has 0 saturated carbocycles. The zero-order valence-corrected chi connectivity index (χ0v) is 14.4. The van der Waals surface area contributed by atoms with Crippen molar-refractivity contribution in [1.82, 2.24) is 19.7 Å². The average Bonchev–Trinajstić information content (AvgIpc) is 3.31. The number of benzene rings is 1. The van der Waals surface area contributed by atoms with Crippen molar-refractivity contribution in [2.45, 2.75) is 19.3 Å². The minimum Gasteiger partial charge on any atom is -0.357 e. The molecule has 3 heterocycles. The third kappa shape index (κ3) is 3.09. The van der Waals surface area contributed by atoms with E-state index in [1.165, 1.54) is 6.42 Å². The largest absolute Gasteiger partial charge is 0.357 e. The zero-order chi connectivity index (χ0) is 17.2. The van der Waals surface area contributed by atoms with Gasteiger partial charge in [-0.3, -0.25) is 9.48 Å². The molecule has 4 rings (SSSR count). The summed E-state index contributed by atoms with van der Waals surface area (Å²) in [6.45, 7) is 1.73. The quantitative estimate of drug-likeness (QED) is 0.794. The highest BCUT2D eigenvalue weighted by atomic mass is 16.2. The maximum absolute atomic E-state index is 12.6. The molecular formula is C20H22N4O. The highest BCUT2D eigenvalue weighted by molar-refractivity contribution is 5.94. The second-order valence-electron chi connectivity index (χ2n) is 6.58. The lowest BCUT2D eigenvalue weighted by molar-refractivity contribution is 0.0719. The summed E-state index contributed by atoms with van der Waals surface area (Å²) in [5.74, 6) is 0.105. The lowest BCUT2D eigenvalue weighted by atomic mass is 10.0. The van der Waals surface area contributed by atoms with Crippen molar-refractivity contribution in [2.75, 3.05) is 13.1 Å². The van der Waals surface area contributed by atoms with Gasteiger partial charge >= 0.3 is 0 Å². The molecule has 0 atom stereocenters. The van der Waals surface area contributed by atoms with E-state index in [0.717, 1.165) is 48.3 Å². The number of aromatic amines is 1. The molecule has 1 saturated heterocycles. The van der Waals surface area contributed by atoms with Crippen LogP contribution >= 0.6 is 0 Å². The molecule has 25 heavy (non-hydrogen) atoms. The summed E-state index contributed by atoms with van der Waals surface area (Å²) in [7, 11) is 1.94. The van der Waals surface area contributed by atoms with Gasteiger partial charge in [-0.15, -0.1) is 0 Å². The molecule has 5 heteroatoms. The Hall–Kier alpha value is -2.82. The lowest BCUT2D eigenvalue weighted by Crippen LogP contribution is -2.35. The molecule has 0 bridgehead atoms. The number of H-pyrrole nitrogens is 1. The Morgan fingerprint density at radius 1 is 1.04 bits per heavy atom. The second-order valence-corrected chi connectivity index (χ2v) is 6.58. The molecule has 1 fully saturated rings. The van der Waals surface area contributed by atoms with E-state index in [2.05, 4.69) is 28.3 Å². The van der Waals surface area contributed by atoms with Crippen LogP contribution in [0, 0.1) is 0 Å². The monoisotopic (exact) mass is 334 g/mol. The number of rotatable bonds is 3. The highest BCUT2D eigenvalue weighted by Gasteiger charge is 2.19. The van der Waals surface area contributed by atoms with Crippen LogP contribution in [0.4, 0.5) is 0 Å². The third-order valence-corrected chi connectivity index (χ3v) is 4.87. The number of amides is 1. The maximum Gasteiger partial charge on any atom is 0.270 e. The first-order valence-electron chi connectivity index (χ1n) is 8.79. The fourth-order valence-electron chi connectivity index (χ4n) is 3.47. The van der Waals surface area contributed by atoms with Crippen LogP contribution in [0.1, 0.15) is 29.8 Å². The first kappa shape index (κ1) is 15.7. The van der Waals surface area contributed by atoms with Gasteiger partial charge in [0.25, 0.3) is 5.91 Å². The Balaban J connectivity index is 1.60. The zero-order valence-electron chi connectivity index (χ0n) is 14.4. The van der Waals surface area contributed by atoms with Crippen LogP contribution in [0.25, 0.3) is 22.4 Å². The Bertz CT molecular complexity index is 887. The van der Waals surface area contributed by atoms with Crippen LogP contribution in [-0.2, 0) is 7.05 Å². The Labute approximate surface area is 147 Å². The number of aromatic nitrogens is 3. The molecule has 0 radical (unpaired) electrons. The molecular weight excluding hydrogens is 312 g/mol. The molecule has 0 spiro atoms. The SMILES string of the molecule is Cn1nccc1-c1cccc(-c2c[nH]c(C(=O)N3CCCCC3)c2)c1. The van der Waals surface area contributed by atoms with Crippen molar-refractivity contribution < 1.29 is 4.79 Å². The van der Waals surface area contributed by atoms with Gasteiger partial charge in [0.1, 0.15) is 5.69 Å². The smallest absolute Gasteiger partial charge is 0.270 e. The van der Waals surface area contributed by atoms with Gasteiger partial charge in [0.2, 0.25) is 0 Å². The summed E-state index contributed by atoms with van der Waals surface area (Å²) in [6.07, 6.45) is 7.14. The summed E-state index contributed by atoms with van der Waals surface area (Å²) in [4.78, 5) is 17.7. The van der Waals surface area contributed by atoms with Gasteiger partial charge in [-0.05, 0) is 48.6 Å². The first-order valence-corrected chi connectivity index (χ1v) is 8.79. The van der Waals surface area contributed by atoms with Gasteiger partial charge in [-0.2, -0.15) is 5.10 Å². The van der Waals surface area contributed by atoms with E-state index in [9.17, 15) is 4.79 Å². The van der Waals surface area contributed by atoms with E-state index in [-0.39, 0.29) is 5.91 Å².